The number of carbonyl (C=O) groups excluding carboxylic acids is 1. The van der Waals surface area contributed by atoms with Gasteiger partial charge in [-0.2, -0.15) is 9.78 Å². The van der Waals surface area contributed by atoms with Gasteiger partial charge in [0.15, 0.2) is 0 Å². The lowest BCUT2D eigenvalue weighted by Gasteiger charge is -2.23. The molecule has 158 valence electrons. The van der Waals surface area contributed by atoms with Gasteiger partial charge in [-0.25, -0.2) is 4.79 Å². The fourth-order valence-corrected chi connectivity index (χ4v) is 4.27. The van der Waals surface area contributed by atoms with Crippen molar-refractivity contribution in [2.24, 2.45) is 0 Å². The molecule has 5 rings (SSSR count). The van der Waals surface area contributed by atoms with E-state index in [9.17, 15) is 9.59 Å². The second kappa shape index (κ2) is 7.67. The number of para-hydroxylation sites is 1. The highest BCUT2D eigenvalue weighted by atomic mass is 16.2. The zero-order valence-electron chi connectivity index (χ0n) is 17.8. The Morgan fingerprint density at radius 2 is 1.81 bits per heavy atom. The molecule has 1 amide bonds. The fraction of sp³-hybridized carbons (Fsp3) is 0.292. The van der Waals surface area contributed by atoms with Crippen LogP contribution in [0.15, 0.2) is 59.5 Å². The lowest BCUT2D eigenvalue weighted by Crippen LogP contribution is -2.37. The first-order valence-corrected chi connectivity index (χ1v) is 10.6. The van der Waals surface area contributed by atoms with Gasteiger partial charge in [0.2, 0.25) is 0 Å². The van der Waals surface area contributed by atoms with Crippen LogP contribution in [0.5, 0.6) is 0 Å². The zero-order chi connectivity index (χ0) is 21.5. The van der Waals surface area contributed by atoms with Gasteiger partial charge in [0.25, 0.3) is 5.56 Å². The Balaban J connectivity index is 1.71. The van der Waals surface area contributed by atoms with Crippen molar-refractivity contribution in [2.45, 2.75) is 13.3 Å². The van der Waals surface area contributed by atoms with E-state index in [1.165, 1.54) is 4.68 Å². The summed E-state index contributed by atoms with van der Waals surface area (Å²) in [5, 5.41) is 5.46. The molecule has 0 atom stereocenters. The first-order chi connectivity index (χ1) is 15.0. The second-order valence-electron chi connectivity index (χ2n) is 8.26. The first kappa shape index (κ1) is 19.5. The van der Waals surface area contributed by atoms with Crippen molar-refractivity contribution in [1.29, 1.82) is 0 Å². The summed E-state index contributed by atoms with van der Waals surface area (Å²) in [5.74, 6) is 0. The molecule has 2 aromatic carbocycles. The molecule has 7 nitrogen and oxygen atoms in total. The maximum atomic E-state index is 13.5. The molecular weight excluding hydrogens is 390 g/mol. The third kappa shape index (κ3) is 3.41. The zero-order valence-corrected chi connectivity index (χ0v) is 17.8. The molecule has 0 bridgehead atoms. The van der Waals surface area contributed by atoms with Crippen LogP contribution in [0.4, 0.5) is 4.79 Å². The average Bonchev–Trinajstić information content (AvgIpc) is 2.96. The van der Waals surface area contributed by atoms with Gasteiger partial charge in [-0.1, -0.05) is 29.8 Å². The third-order valence-corrected chi connectivity index (χ3v) is 6.00. The second-order valence-corrected chi connectivity index (χ2v) is 8.26. The van der Waals surface area contributed by atoms with E-state index in [0.717, 1.165) is 36.0 Å². The Kier molecular flexibility index (Phi) is 4.82. The van der Waals surface area contributed by atoms with Gasteiger partial charge in [0.1, 0.15) is 5.69 Å². The van der Waals surface area contributed by atoms with Crippen LogP contribution in [-0.4, -0.2) is 63.4 Å². The van der Waals surface area contributed by atoms with E-state index in [1.54, 1.807) is 10.8 Å². The van der Waals surface area contributed by atoms with E-state index >= 15 is 0 Å². The molecule has 0 N–H and O–H groups in total. The SMILES string of the molecule is Cc1ccc2c(c1)c1nn(-c3ccccc3)c(=O)c-1cn2C(=O)N1CCCN(C)CC1. The normalized spacial score (nSPS) is 15.5. The van der Waals surface area contributed by atoms with Crippen LogP contribution in [0.1, 0.15) is 12.0 Å². The minimum absolute atomic E-state index is 0.0992. The average molecular weight is 415 g/mol. The lowest BCUT2D eigenvalue weighted by atomic mass is 10.1. The van der Waals surface area contributed by atoms with E-state index in [2.05, 4.69) is 17.0 Å². The quantitative estimate of drug-likeness (QED) is 0.479. The molecule has 0 unspecified atom stereocenters. The number of rotatable bonds is 1. The number of hydrogen-bond acceptors (Lipinski definition) is 4. The molecule has 2 aromatic rings. The standard InChI is InChI=1S/C24H25N5O2/c1-17-9-10-21-19(15-17)22-20(23(30)29(25-22)18-7-4-3-5-8-18)16-28(21)24(31)27-12-6-11-26(2)13-14-27/h3-5,7-10,15-16H,6,11-14H2,1-2H3. The van der Waals surface area contributed by atoms with Crippen molar-refractivity contribution in [3.63, 3.8) is 0 Å². The number of pyridine rings is 1. The van der Waals surface area contributed by atoms with Crippen molar-refractivity contribution in [3.05, 3.63) is 70.6 Å². The van der Waals surface area contributed by atoms with E-state index in [-0.39, 0.29) is 11.6 Å². The Morgan fingerprint density at radius 1 is 1.00 bits per heavy atom. The molecule has 7 heteroatoms. The summed E-state index contributed by atoms with van der Waals surface area (Å²) < 4.78 is 3.04. The largest absolute Gasteiger partial charge is 0.328 e. The molecule has 3 aliphatic rings. The highest BCUT2D eigenvalue weighted by Gasteiger charge is 2.25. The van der Waals surface area contributed by atoms with Gasteiger partial charge in [-0.3, -0.25) is 9.36 Å². The van der Waals surface area contributed by atoms with Crippen LogP contribution in [-0.2, 0) is 0 Å². The maximum Gasteiger partial charge on any atom is 0.328 e. The highest BCUT2D eigenvalue weighted by molar-refractivity contribution is 5.99. The van der Waals surface area contributed by atoms with Crippen molar-refractivity contribution in [1.82, 2.24) is 24.1 Å². The Labute approximate surface area is 180 Å². The molecule has 31 heavy (non-hydrogen) atoms. The van der Waals surface area contributed by atoms with Gasteiger partial charge in [-0.05, 0) is 51.2 Å². The molecule has 0 saturated carbocycles. The number of aryl methyl sites for hydroxylation is 1. The third-order valence-electron chi connectivity index (χ3n) is 6.00. The van der Waals surface area contributed by atoms with E-state index < -0.39 is 0 Å². The van der Waals surface area contributed by atoms with Crippen molar-refractivity contribution in [3.8, 4) is 16.9 Å². The maximum absolute atomic E-state index is 13.5. The molecule has 0 spiro atoms. The lowest BCUT2D eigenvalue weighted by molar-refractivity contribution is 0.202. The molecule has 3 aliphatic heterocycles. The van der Waals surface area contributed by atoms with Crippen molar-refractivity contribution < 1.29 is 4.79 Å². The van der Waals surface area contributed by atoms with Gasteiger partial charge >= 0.3 is 6.03 Å². The molecule has 3 heterocycles. The Hall–Kier alpha value is -3.45. The molecule has 0 aromatic heterocycles. The predicted molar refractivity (Wildman–Crippen MR) is 121 cm³/mol. The first-order valence-electron chi connectivity index (χ1n) is 10.6. The highest BCUT2D eigenvalue weighted by Crippen LogP contribution is 2.29. The summed E-state index contributed by atoms with van der Waals surface area (Å²) in [4.78, 5) is 30.9. The number of amides is 1. The van der Waals surface area contributed by atoms with E-state index in [1.807, 2.05) is 60.4 Å². The van der Waals surface area contributed by atoms with Gasteiger partial charge in [0, 0.05) is 31.2 Å². The number of benzene rings is 2. The summed E-state index contributed by atoms with van der Waals surface area (Å²) in [6.07, 6.45) is 2.60. The summed E-state index contributed by atoms with van der Waals surface area (Å²) >= 11 is 0. The minimum atomic E-state index is -0.221. The summed E-state index contributed by atoms with van der Waals surface area (Å²) in [6, 6.07) is 15.2. The molecule has 1 saturated heterocycles. The summed E-state index contributed by atoms with van der Waals surface area (Å²) in [7, 11) is 2.08. The van der Waals surface area contributed by atoms with Crippen LogP contribution in [0, 0.1) is 6.92 Å². The van der Waals surface area contributed by atoms with Crippen LogP contribution < -0.4 is 5.56 Å². The number of nitrogens with zero attached hydrogens (tertiary/aromatic N) is 5. The molecule has 0 radical (unpaired) electrons. The van der Waals surface area contributed by atoms with Crippen molar-refractivity contribution in [2.75, 3.05) is 33.2 Å². The van der Waals surface area contributed by atoms with Crippen LogP contribution in [0.25, 0.3) is 27.8 Å². The number of likely N-dealkylation sites (N-methyl/N-ethyl adjacent to an activating group) is 1. The van der Waals surface area contributed by atoms with E-state index in [0.29, 0.717) is 30.0 Å². The predicted octanol–water partition coefficient (Wildman–Crippen LogP) is 3.21. The topological polar surface area (TPSA) is 63.4 Å². The van der Waals surface area contributed by atoms with Crippen LogP contribution in [0.2, 0.25) is 0 Å². The summed E-state index contributed by atoms with van der Waals surface area (Å²) in [5.41, 5.74) is 3.37. The number of fused-ring (bicyclic) bond motifs is 3. The van der Waals surface area contributed by atoms with Gasteiger partial charge < -0.3 is 9.80 Å². The minimum Gasteiger partial charge on any atom is -0.323 e. The Morgan fingerprint density at radius 3 is 2.61 bits per heavy atom. The molecule has 1 fully saturated rings. The molecule has 0 aliphatic carbocycles. The summed E-state index contributed by atoms with van der Waals surface area (Å²) in [6.45, 7) is 5.18. The van der Waals surface area contributed by atoms with E-state index in [4.69, 9.17) is 0 Å². The van der Waals surface area contributed by atoms with Crippen LogP contribution >= 0.6 is 0 Å². The number of hydrogen-bond donors (Lipinski definition) is 0. The monoisotopic (exact) mass is 415 g/mol. The Bertz CT molecular complexity index is 1290. The van der Waals surface area contributed by atoms with Gasteiger partial charge in [0.05, 0.1) is 16.8 Å². The number of aromatic nitrogens is 3. The van der Waals surface area contributed by atoms with Crippen molar-refractivity contribution >= 4 is 16.9 Å². The molecular formula is C24H25N5O2. The van der Waals surface area contributed by atoms with Gasteiger partial charge in [-0.15, -0.1) is 0 Å². The number of carbonyl (C=O) groups is 1. The van der Waals surface area contributed by atoms with Crippen LogP contribution in [0.3, 0.4) is 0 Å². The smallest absolute Gasteiger partial charge is 0.323 e. The fourth-order valence-electron chi connectivity index (χ4n) is 4.27.